The molecule has 0 bridgehead atoms. The van der Waals surface area contributed by atoms with Crippen LogP contribution in [0.15, 0.2) is 72.8 Å². The molecule has 3 aromatic carbocycles. The number of nitrogens with zero attached hydrogens (tertiary/aromatic N) is 1. The number of sulfonamides is 1. The summed E-state index contributed by atoms with van der Waals surface area (Å²) in [5, 5.41) is 3.28. The molecule has 0 aliphatic rings. The number of rotatable bonds is 9. The van der Waals surface area contributed by atoms with Gasteiger partial charge in [-0.05, 0) is 61.0 Å². The molecule has 9 heteroatoms. The average Bonchev–Trinajstić information content (AvgIpc) is 2.79. The van der Waals surface area contributed by atoms with Crippen LogP contribution in [0.5, 0.6) is 17.2 Å². The third kappa shape index (κ3) is 6.63. The van der Waals surface area contributed by atoms with Crippen molar-refractivity contribution in [1.82, 2.24) is 0 Å². The number of ether oxygens (including phenoxy) is 2. The first-order chi connectivity index (χ1) is 15.7. The van der Waals surface area contributed by atoms with Gasteiger partial charge in [0.1, 0.15) is 11.5 Å². The Hall–Kier alpha value is -3.23. The van der Waals surface area contributed by atoms with Crippen molar-refractivity contribution in [2.75, 3.05) is 22.9 Å². The molecule has 0 fully saturated rings. The number of nitrogens with one attached hydrogen (secondary N) is 1. The van der Waals surface area contributed by atoms with E-state index in [1.54, 1.807) is 42.5 Å². The molecule has 0 aliphatic carbocycles. The first kappa shape index (κ1) is 24.4. The molecule has 0 saturated heterocycles. The van der Waals surface area contributed by atoms with Gasteiger partial charge in [-0.15, -0.1) is 0 Å². The van der Waals surface area contributed by atoms with Crippen LogP contribution < -0.4 is 19.1 Å². The zero-order valence-electron chi connectivity index (χ0n) is 18.5. The molecular formula is C24H25ClN2O5S. The van der Waals surface area contributed by atoms with Gasteiger partial charge in [0.25, 0.3) is 5.91 Å². The van der Waals surface area contributed by atoms with Crippen molar-refractivity contribution < 1.29 is 22.7 Å². The van der Waals surface area contributed by atoms with E-state index in [0.717, 1.165) is 10.6 Å². The summed E-state index contributed by atoms with van der Waals surface area (Å²) in [6.45, 7) is 1.83. The van der Waals surface area contributed by atoms with Crippen molar-refractivity contribution in [3.63, 3.8) is 0 Å². The van der Waals surface area contributed by atoms with E-state index >= 15 is 0 Å². The molecule has 0 unspecified atom stereocenters. The maximum atomic E-state index is 12.9. The molecular weight excluding hydrogens is 464 g/mol. The summed E-state index contributed by atoms with van der Waals surface area (Å²) in [5.74, 6) is 1.14. The maximum absolute atomic E-state index is 12.9. The summed E-state index contributed by atoms with van der Waals surface area (Å²) in [7, 11) is -1.90. The number of carbonyl (C=O) groups is 1. The van der Waals surface area contributed by atoms with Gasteiger partial charge < -0.3 is 14.8 Å². The molecule has 174 valence electrons. The Kier molecular flexibility index (Phi) is 7.84. The van der Waals surface area contributed by atoms with Crippen molar-refractivity contribution in [2.24, 2.45) is 0 Å². The first-order valence-electron chi connectivity index (χ1n) is 10.2. The zero-order valence-corrected chi connectivity index (χ0v) is 20.1. The van der Waals surface area contributed by atoms with E-state index in [4.69, 9.17) is 21.1 Å². The summed E-state index contributed by atoms with van der Waals surface area (Å²) in [4.78, 5) is 12.9. The second-order valence-electron chi connectivity index (χ2n) is 7.28. The monoisotopic (exact) mass is 488 g/mol. The van der Waals surface area contributed by atoms with E-state index in [-0.39, 0.29) is 5.91 Å². The van der Waals surface area contributed by atoms with E-state index in [2.05, 4.69) is 5.32 Å². The van der Waals surface area contributed by atoms with Gasteiger partial charge in [-0.25, -0.2) is 8.42 Å². The minimum Gasteiger partial charge on any atom is -0.481 e. The van der Waals surface area contributed by atoms with Gasteiger partial charge in [-0.2, -0.15) is 0 Å². The summed E-state index contributed by atoms with van der Waals surface area (Å²) in [6, 6.07) is 20.6. The smallest absolute Gasteiger partial charge is 0.265 e. The molecule has 1 amide bonds. The molecule has 3 rings (SSSR count). The molecule has 33 heavy (non-hydrogen) atoms. The number of para-hydroxylation sites is 1. The normalized spacial score (nSPS) is 12.0. The third-order valence-electron chi connectivity index (χ3n) is 4.81. The fraction of sp³-hybridized carbons (Fsp3) is 0.208. The van der Waals surface area contributed by atoms with Gasteiger partial charge >= 0.3 is 0 Å². The van der Waals surface area contributed by atoms with Crippen molar-refractivity contribution >= 4 is 38.9 Å². The second-order valence-corrected chi connectivity index (χ2v) is 9.73. The Morgan fingerprint density at radius 1 is 1.03 bits per heavy atom. The number of halogens is 1. The van der Waals surface area contributed by atoms with Gasteiger partial charge in [0, 0.05) is 12.1 Å². The quantitative estimate of drug-likeness (QED) is 0.440. The van der Waals surface area contributed by atoms with E-state index in [1.165, 1.54) is 7.05 Å². The second kappa shape index (κ2) is 10.6. The van der Waals surface area contributed by atoms with Gasteiger partial charge in [-0.1, -0.05) is 36.7 Å². The number of benzene rings is 3. The zero-order chi connectivity index (χ0) is 24.0. The third-order valence-corrected chi connectivity index (χ3v) is 6.25. The van der Waals surface area contributed by atoms with Crippen molar-refractivity contribution in [2.45, 2.75) is 19.4 Å². The van der Waals surface area contributed by atoms with Gasteiger partial charge in [0.15, 0.2) is 11.9 Å². The lowest BCUT2D eigenvalue weighted by molar-refractivity contribution is -0.122. The van der Waals surface area contributed by atoms with Crippen LogP contribution in [-0.4, -0.2) is 33.7 Å². The highest BCUT2D eigenvalue weighted by Crippen LogP contribution is 2.32. The van der Waals surface area contributed by atoms with Crippen LogP contribution >= 0.6 is 11.6 Å². The molecule has 0 radical (unpaired) electrons. The number of hydrogen-bond acceptors (Lipinski definition) is 5. The summed E-state index contributed by atoms with van der Waals surface area (Å²) < 4.78 is 36.3. The number of amides is 1. The van der Waals surface area contributed by atoms with Crippen LogP contribution in [0.25, 0.3) is 0 Å². The molecule has 0 aliphatic heterocycles. The Morgan fingerprint density at radius 3 is 2.30 bits per heavy atom. The maximum Gasteiger partial charge on any atom is 0.265 e. The average molecular weight is 489 g/mol. The molecule has 0 aromatic heterocycles. The molecule has 1 N–H and O–H groups in total. The van der Waals surface area contributed by atoms with E-state index in [1.807, 2.05) is 37.3 Å². The predicted molar refractivity (Wildman–Crippen MR) is 131 cm³/mol. The van der Waals surface area contributed by atoms with Crippen LogP contribution in [0.2, 0.25) is 5.02 Å². The van der Waals surface area contributed by atoms with Gasteiger partial charge in [-0.3, -0.25) is 9.10 Å². The van der Waals surface area contributed by atoms with Crippen LogP contribution in [0, 0.1) is 0 Å². The Bertz CT molecular complexity index is 1200. The van der Waals surface area contributed by atoms with Crippen LogP contribution in [0.1, 0.15) is 13.3 Å². The minimum atomic E-state index is -3.37. The highest BCUT2D eigenvalue weighted by atomic mass is 35.5. The molecule has 0 saturated carbocycles. The van der Waals surface area contributed by atoms with E-state index in [9.17, 15) is 13.2 Å². The standard InChI is InChI=1S/C24H25ClN2O5S/c1-4-22(31-20-13-11-18(12-14-20)27(2)33(3,29)30)24(28)26-21-16-17(25)10-15-23(21)32-19-8-6-5-7-9-19/h5-16,22H,4H2,1-3H3,(H,26,28)/t22-/m1/s1. The molecule has 0 heterocycles. The Balaban J connectivity index is 1.73. The molecule has 3 aromatic rings. The Morgan fingerprint density at radius 2 is 1.70 bits per heavy atom. The largest absolute Gasteiger partial charge is 0.481 e. The van der Waals surface area contributed by atoms with Crippen molar-refractivity contribution in [3.05, 3.63) is 77.8 Å². The summed E-state index contributed by atoms with van der Waals surface area (Å²) in [5.41, 5.74) is 0.910. The van der Waals surface area contributed by atoms with Crippen LogP contribution in [0.4, 0.5) is 11.4 Å². The fourth-order valence-corrected chi connectivity index (χ4v) is 3.61. The number of carbonyl (C=O) groups excluding carboxylic acids is 1. The lowest BCUT2D eigenvalue weighted by Gasteiger charge is -2.20. The Labute approximate surface area is 198 Å². The minimum absolute atomic E-state index is 0.366. The van der Waals surface area contributed by atoms with Crippen molar-refractivity contribution in [3.8, 4) is 17.2 Å². The highest BCUT2D eigenvalue weighted by molar-refractivity contribution is 7.92. The SMILES string of the molecule is CC[C@@H](Oc1ccc(N(C)S(C)(=O)=O)cc1)C(=O)Nc1cc(Cl)ccc1Oc1ccccc1. The van der Waals surface area contributed by atoms with E-state index < -0.39 is 16.1 Å². The lowest BCUT2D eigenvalue weighted by atomic mass is 10.2. The molecule has 1 atom stereocenters. The topological polar surface area (TPSA) is 84.9 Å². The molecule has 0 spiro atoms. The van der Waals surface area contributed by atoms with Crippen LogP contribution in [0.3, 0.4) is 0 Å². The highest BCUT2D eigenvalue weighted by Gasteiger charge is 2.21. The summed E-state index contributed by atoms with van der Waals surface area (Å²) in [6.07, 6.45) is 0.749. The number of hydrogen-bond donors (Lipinski definition) is 1. The summed E-state index contributed by atoms with van der Waals surface area (Å²) >= 11 is 6.13. The number of anilines is 2. The first-order valence-corrected chi connectivity index (χ1v) is 12.4. The molecule has 7 nitrogen and oxygen atoms in total. The van der Waals surface area contributed by atoms with Gasteiger partial charge in [0.05, 0.1) is 17.6 Å². The van der Waals surface area contributed by atoms with E-state index in [0.29, 0.717) is 40.1 Å². The van der Waals surface area contributed by atoms with Crippen LogP contribution in [-0.2, 0) is 14.8 Å². The predicted octanol–water partition coefficient (Wildman–Crippen LogP) is 5.32. The van der Waals surface area contributed by atoms with Crippen molar-refractivity contribution in [1.29, 1.82) is 0 Å². The van der Waals surface area contributed by atoms with Gasteiger partial charge in [0.2, 0.25) is 10.0 Å². The lowest BCUT2D eigenvalue weighted by Crippen LogP contribution is -2.32. The fourth-order valence-electron chi connectivity index (χ4n) is 2.93.